The van der Waals surface area contributed by atoms with Crippen LogP contribution >= 0.6 is 0 Å². The van der Waals surface area contributed by atoms with Crippen LogP contribution < -0.4 is 14.8 Å². The second kappa shape index (κ2) is 10.3. The molecule has 6 nitrogen and oxygen atoms in total. The van der Waals surface area contributed by atoms with Crippen molar-refractivity contribution >= 4 is 27.3 Å². The number of nitrogens with one attached hydrogen (secondary N) is 2. The first-order chi connectivity index (χ1) is 15.3. The maximum absolute atomic E-state index is 12.7. The van der Waals surface area contributed by atoms with E-state index >= 15 is 0 Å². The van der Waals surface area contributed by atoms with E-state index in [9.17, 15) is 13.2 Å². The number of benzene rings is 3. The normalized spacial score (nSPS) is 11.1. The highest BCUT2D eigenvalue weighted by molar-refractivity contribution is 7.92. The third-order valence-corrected chi connectivity index (χ3v) is 6.46. The summed E-state index contributed by atoms with van der Waals surface area (Å²) in [5.74, 6) is 0.440. The van der Waals surface area contributed by atoms with Crippen LogP contribution in [0.15, 0.2) is 71.6 Å². The van der Waals surface area contributed by atoms with Crippen molar-refractivity contribution in [2.75, 3.05) is 16.6 Å². The summed E-state index contributed by atoms with van der Waals surface area (Å²) in [5, 5.41) is 2.78. The van der Waals surface area contributed by atoms with E-state index in [0.29, 0.717) is 23.5 Å². The Hall–Kier alpha value is -3.32. The molecule has 0 heterocycles. The maximum atomic E-state index is 12.7. The van der Waals surface area contributed by atoms with Gasteiger partial charge in [-0.2, -0.15) is 0 Å². The van der Waals surface area contributed by atoms with Crippen LogP contribution in [0.3, 0.4) is 0 Å². The fraction of sp³-hybridized carbons (Fsp3) is 0.240. The molecule has 0 aliphatic carbocycles. The van der Waals surface area contributed by atoms with Gasteiger partial charge in [0.25, 0.3) is 15.9 Å². The molecule has 0 spiro atoms. The van der Waals surface area contributed by atoms with E-state index in [-0.39, 0.29) is 10.8 Å². The zero-order valence-electron chi connectivity index (χ0n) is 18.5. The van der Waals surface area contributed by atoms with Gasteiger partial charge in [0.1, 0.15) is 5.75 Å². The van der Waals surface area contributed by atoms with E-state index in [1.807, 2.05) is 19.9 Å². The Bertz CT molecular complexity index is 1170. The lowest BCUT2D eigenvalue weighted by Gasteiger charge is -2.11. The van der Waals surface area contributed by atoms with Crippen molar-refractivity contribution in [2.45, 2.75) is 38.5 Å². The smallest absolute Gasteiger partial charge is 0.261 e. The van der Waals surface area contributed by atoms with Gasteiger partial charge in [-0.15, -0.1) is 0 Å². The molecule has 32 heavy (non-hydrogen) atoms. The minimum absolute atomic E-state index is 0.113. The number of anilines is 2. The Labute approximate surface area is 189 Å². The molecule has 0 aliphatic heterocycles. The highest BCUT2D eigenvalue weighted by atomic mass is 32.2. The predicted octanol–water partition coefficient (Wildman–Crippen LogP) is 5.54. The first-order valence-electron chi connectivity index (χ1n) is 10.5. The third-order valence-electron chi connectivity index (χ3n) is 5.06. The monoisotopic (exact) mass is 452 g/mol. The molecule has 3 aromatic carbocycles. The molecule has 0 aliphatic rings. The number of unbranched alkanes of at least 4 members (excludes halogenated alkanes) is 1. The highest BCUT2D eigenvalue weighted by Gasteiger charge is 2.15. The lowest BCUT2D eigenvalue weighted by atomic mass is 10.1. The van der Waals surface area contributed by atoms with Gasteiger partial charge in [0.2, 0.25) is 0 Å². The number of hydrogen-bond donors (Lipinski definition) is 2. The van der Waals surface area contributed by atoms with Crippen LogP contribution in [0.2, 0.25) is 0 Å². The molecular formula is C25H28N2O4S. The highest BCUT2D eigenvalue weighted by Crippen LogP contribution is 2.21. The second-order valence-corrected chi connectivity index (χ2v) is 9.29. The van der Waals surface area contributed by atoms with Crippen LogP contribution in [0.4, 0.5) is 11.4 Å². The number of sulfonamides is 1. The van der Waals surface area contributed by atoms with Crippen LogP contribution in [0.25, 0.3) is 0 Å². The van der Waals surface area contributed by atoms with Crippen LogP contribution in [0.5, 0.6) is 5.75 Å². The second-order valence-electron chi connectivity index (χ2n) is 7.61. The van der Waals surface area contributed by atoms with Crippen molar-refractivity contribution in [2.24, 2.45) is 0 Å². The zero-order valence-corrected chi connectivity index (χ0v) is 19.3. The summed E-state index contributed by atoms with van der Waals surface area (Å²) in [6.45, 7) is 6.64. The zero-order chi connectivity index (χ0) is 23.1. The van der Waals surface area contributed by atoms with E-state index in [0.717, 1.165) is 29.7 Å². The van der Waals surface area contributed by atoms with Crippen molar-refractivity contribution in [1.82, 2.24) is 0 Å². The fourth-order valence-electron chi connectivity index (χ4n) is 2.98. The van der Waals surface area contributed by atoms with Gasteiger partial charge in [0.15, 0.2) is 0 Å². The Kier molecular flexibility index (Phi) is 7.53. The summed E-state index contributed by atoms with van der Waals surface area (Å²) >= 11 is 0. The van der Waals surface area contributed by atoms with Crippen LogP contribution in [0, 0.1) is 13.8 Å². The summed E-state index contributed by atoms with van der Waals surface area (Å²) < 4.78 is 33.5. The summed E-state index contributed by atoms with van der Waals surface area (Å²) in [7, 11) is -3.73. The summed E-state index contributed by atoms with van der Waals surface area (Å²) in [6.07, 6.45) is 2.04. The minimum Gasteiger partial charge on any atom is -0.494 e. The Morgan fingerprint density at radius 3 is 2.16 bits per heavy atom. The van der Waals surface area contributed by atoms with Gasteiger partial charge in [-0.05, 0) is 92.1 Å². The van der Waals surface area contributed by atoms with Crippen molar-refractivity contribution in [3.05, 3.63) is 83.4 Å². The third kappa shape index (κ3) is 6.11. The van der Waals surface area contributed by atoms with E-state index in [1.165, 1.54) is 12.1 Å². The number of hydrogen-bond acceptors (Lipinski definition) is 4. The maximum Gasteiger partial charge on any atom is 0.261 e. The molecule has 0 radical (unpaired) electrons. The topological polar surface area (TPSA) is 84.5 Å². The van der Waals surface area contributed by atoms with Gasteiger partial charge >= 0.3 is 0 Å². The molecular weight excluding hydrogens is 424 g/mol. The lowest BCUT2D eigenvalue weighted by molar-refractivity contribution is 0.102. The largest absolute Gasteiger partial charge is 0.494 e. The minimum atomic E-state index is -3.73. The van der Waals surface area contributed by atoms with E-state index < -0.39 is 10.0 Å². The Morgan fingerprint density at radius 1 is 0.875 bits per heavy atom. The molecule has 2 N–H and O–H groups in total. The fourth-order valence-corrected chi connectivity index (χ4v) is 4.03. The number of rotatable bonds is 9. The molecule has 0 bridgehead atoms. The van der Waals surface area contributed by atoms with Crippen molar-refractivity contribution in [3.8, 4) is 5.75 Å². The number of ether oxygens (including phenoxy) is 1. The predicted molar refractivity (Wildman–Crippen MR) is 128 cm³/mol. The number of carbonyl (C=O) groups is 1. The molecule has 0 fully saturated rings. The van der Waals surface area contributed by atoms with Crippen LogP contribution in [-0.4, -0.2) is 20.9 Å². The number of carbonyl (C=O) groups excluding carboxylic acids is 1. The molecule has 0 saturated carbocycles. The van der Waals surface area contributed by atoms with E-state index in [2.05, 4.69) is 17.0 Å². The standard InChI is InChI=1S/C25H28N2O4S/c1-4-5-16-31-23-12-7-20(8-13-23)25(28)26-21-10-14-24(15-11-21)32(29,30)27-22-9-6-18(2)19(3)17-22/h6-15,17,27H,4-5,16H2,1-3H3,(H,26,28). The Morgan fingerprint density at radius 2 is 1.53 bits per heavy atom. The quantitative estimate of drug-likeness (QED) is 0.418. The van der Waals surface area contributed by atoms with Crippen molar-refractivity contribution in [1.29, 1.82) is 0 Å². The van der Waals surface area contributed by atoms with Gasteiger partial charge in [-0.3, -0.25) is 9.52 Å². The van der Waals surface area contributed by atoms with Gasteiger partial charge in [0.05, 0.1) is 11.5 Å². The summed E-state index contributed by atoms with van der Waals surface area (Å²) in [5.41, 5.74) is 3.59. The van der Waals surface area contributed by atoms with Gasteiger partial charge in [-0.1, -0.05) is 19.4 Å². The van der Waals surface area contributed by atoms with Crippen molar-refractivity contribution < 1.29 is 17.9 Å². The molecule has 0 atom stereocenters. The summed E-state index contributed by atoms with van der Waals surface area (Å²) in [6, 6.07) is 18.4. The number of aryl methyl sites for hydroxylation is 2. The molecule has 3 aromatic rings. The Balaban J connectivity index is 1.63. The molecule has 0 saturated heterocycles. The SMILES string of the molecule is CCCCOc1ccc(C(=O)Nc2ccc(S(=O)(=O)Nc3ccc(C)c(C)c3)cc2)cc1. The first kappa shape index (κ1) is 23.3. The molecule has 3 rings (SSSR count). The lowest BCUT2D eigenvalue weighted by Crippen LogP contribution is -2.14. The average molecular weight is 453 g/mol. The molecule has 168 valence electrons. The molecule has 7 heteroatoms. The van der Waals surface area contributed by atoms with Gasteiger partial charge in [-0.25, -0.2) is 8.42 Å². The first-order valence-corrected chi connectivity index (χ1v) is 12.0. The molecule has 0 aromatic heterocycles. The molecule has 0 unspecified atom stereocenters. The van der Waals surface area contributed by atoms with E-state index in [4.69, 9.17) is 4.74 Å². The van der Waals surface area contributed by atoms with Gasteiger partial charge in [0, 0.05) is 16.9 Å². The van der Waals surface area contributed by atoms with Crippen molar-refractivity contribution in [3.63, 3.8) is 0 Å². The average Bonchev–Trinajstić information content (AvgIpc) is 2.77. The summed E-state index contributed by atoms with van der Waals surface area (Å²) in [4.78, 5) is 12.6. The van der Waals surface area contributed by atoms with Gasteiger partial charge < -0.3 is 10.1 Å². The number of amides is 1. The molecule has 1 amide bonds. The van der Waals surface area contributed by atoms with E-state index in [1.54, 1.807) is 48.5 Å². The van der Waals surface area contributed by atoms with Crippen LogP contribution in [-0.2, 0) is 10.0 Å². The van der Waals surface area contributed by atoms with Crippen LogP contribution in [0.1, 0.15) is 41.3 Å².